The third-order valence-electron chi connectivity index (χ3n) is 2.35. The van der Waals surface area contributed by atoms with Gasteiger partial charge in [0, 0.05) is 17.0 Å². The average Bonchev–Trinajstić information content (AvgIpc) is 2.75. The van der Waals surface area contributed by atoms with E-state index in [-0.39, 0.29) is 18.6 Å². The molecule has 1 atom stereocenters. The number of rotatable bonds is 3. The fraction of sp³-hybridized carbons (Fsp3) is 0.273. The van der Waals surface area contributed by atoms with Gasteiger partial charge in [-0.05, 0) is 25.1 Å². The number of carbonyl (C=O) groups is 1. The molecule has 2 aromatic rings. The van der Waals surface area contributed by atoms with Gasteiger partial charge in [0.2, 0.25) is 0 Å². The number of fused-ring (bicyclic) bond motifs is 1. The zero-order valence-electron chi connectivity index (χ0n) is 8.90. The van der Waals surface area contributed by atoms with E-state index in [1.165, 1.54) is 0 Å². The number of aliphatic hydroxyl groups is 1. The van der Waals surface area contributed by atoms with Crippen molar-refractivity contribution in [3.63, 3.8) is 0 Å². The summed E-state index contributed by atoms with van der Waals surface area (Å²) in [6.07, 6.45) is 1.67. The maximum atomic E-state index is 11.7. The van der Waals surface area contributed by atoms with Crippen LogP contribution >= 0.6 is 0 Å². The molecule has 0 saturated heterocycles. The van der Waals surface area contributed by atoms with Gasteiger partial charge in [0.05, 0.1) is 18.3 Å². The molecule has 84 valence electrons. The lowest BCUT2D eigenvalue weighted by Crippen LogP contribution is -2.34. The first-order valence-electron chi connectivity index (χ1n) is 5.05. The summed E-state index contributed by atoms with van der Waals surface area (Å²) in [5.41, 5.74) is 1.46. The predicted octanol–water partition coefficient (Wildman–Crippen LogP) is 0.673. The summed E-state index contributed by atoms with van der Waals surface area (Å²) in [5.74, 6) is -0.190. The smallest absolute Gasteiger partial charge is 0.251 e. The number of hydrogen-bond acceptors (Lipinski definition) is 3. The summed E-state index contributed by atoms with van der Waals surface area (Å²) in [4.78, 5) is 11.7. The van der Waals surface area contributed by atoms with E-state index in [0.717, 1.165) is 10.9 Å². The normalized spacial score (nSPS) is 12.6. The van der Waals surface area contributed by atoms with Crippen LogP contribution in [0.5, 0.6) is 0 Å². The van der Waals surface area contributed by atoms with Crippen molar-refractivity contribution in [1.29, 1.82) is 0 Å². The van der Waals surface area contributed by atoms with Crippen LogP contribution in [0.15, 0.2) is 24.4 Å². The Kier molecular flexibility index (Phi) is 2.87. The van der Waals surface area contributed by atoms with Crippen molar-refractivity contribution in [3.8, 4) is 0 Å². The molecular formula is C11H13N3O2. The Bertz CT molecular complexity index is 507. The molecule has 3 N–H and O–H groups in total. The zero-order valence-corrected chi connectivity index (χ0v) is 8.90. The van der Waals surface area contributed by atoms with Crippen LogP contribution in [-0.2, 0) is 0 Å². The van der Waals surface area contributed by atoms with Gasteiger partial charge in [0.1, 0.15) is 0 Å². The first kappa shape index (κ1) is 10.6. The topological polar surface area (TPSA) is 78.0 Å². The second kappa shape index (κ2) is 4.32. The van der Waals surface area contributed by atoms with Crippen LogP contribution in [-0.4, -0.2) is 33.9 Å². The summed E-state index contributed by atoms with van der Waals surface area (Å²) in [6, 6.07) is 5.05. The summed E-state index contributed by atoms with van der Waals surface area (Å²) >= 11 is 0. The van der Waals surface area contributed by atoms with E-state index in [2.05, 4.69) is 15.5 Å². The fourth-order valence-electron chi connectivity index (χ4n) is 1.44. The number of carbonyl (C=O) groups excluding carboxylic acids is 1. The van der Waals surface area contributed by atoms with E-state index in [1.807, 2.05) is 0 Å². The number of aromatic amines is 1. The van der Waals surface area contributed by atoms with E-state index in [0.29, 0.717) is 5.56 Å². The largest absolute Gasteiger partial charge is 0.394 e. The van der Waals surface area contributed by atoms with Gasteiger partial charge in [0.25, 0.3) is 5.91 Å². The Morgan fingerprint density at radius 1 is 1.62 bits per heavy atom. The zero-order chi connectivity index (χ0) is 11.5. The predicted molar refractivity (Wildman–Crippen MR) is 60.1 cm³/mol. The van der Waals surface area contributed by atoms with Gasteiger partial charge >= 0.3 is 0 Å². The average molecular weight is 219 g/mol. The molecule has 0 aliphatic carbocycles. The Labute approximate surface area is 92.5 Å². The number of amides is 1. The maximum absolute atomic E-state index is 11.7. The monoisotopic (exact) mass is 219 g/mol. The molecule has 0 fully saturated rings. The van der Waals surface area contributed by atoms with Crippen molar-refractivity contribution in [3.05, 3.63) is 30.0 Å². The third-order valence-corrected chi connectivity index (χ3v) is 2.35. The summed E-state index contributed by atoms with van der Waals surface area (Å²) < 4.78 is 0. The molecule has 0 saturated carbocycles. The van der Waals surface area contributed by atoms with Crippen LogP contribution in [0.25, 0.3) is 10.9 Å². The summed E-state index contributed by atoms with van der Waals surface area (Å²) in [5, 5.41) is 19.1. The van der Waals surface area contributed by atoms with Gasteiger partial charge in [-0.25, -0.2) is 0 Å². The molecule has 0 radical (unpaired) electrons. The number of nitrogens with zero attached hydrogens (tertiary/aromatic N) is 1. The van der Waals surface area contributed by atoms with Crippen LogP contribution in [0.4, 0.5) is 0 Å². The molecule has 0 unspecified atom stereocenters. The highest BCUT2D eigenvalue weighted by Crippen LogP contribution is 2.12. The van der Waals surface area contributed by atoms with Crippen LogP contribution in [0.1, 0.15) is 17.3 Å². The Morgan fingerprint density at radius 2 is 2.44 bits per heavy atom. The van der Waals surface area contributed by atoms with Crippen LogP contribution in [0, 0.1) is 0 Å². The molecule has 0 aliphatic rings. The maximum Gasteiger partial charge on any atom is 0.251 e. The van der Waals surface area contributed by atoms with E-state index in [9.17, 15) is 4.79 Å². The minimum Gasteiger partial charge on any atom is -0.394 e. The Balaban J connectivity index is 2.22. The van der Waals surface area contributed by atoms with Gasteiger partial charge in [-0.15, -0.1) is 0 Å². The van der Waals surface area contributed by atoms with Crippen molar-refractivity contribution in [2.45, 2.75) is 13.0 Å². The van der Waals surface area contributed by atoms with Gasteiger partial charge in [-0.2, -0.15) is 5.10 Å². The number of aromatic nitrogens is 2. The standard InChI is InChI=1S/C11H13N3O2/c1-7(6-15)13-11(16)8-2-3-10-9(4-8)5-12-14-10/h2-5,7,15H,6H2,1H3,(H,12,14)(H,13,16)/t7-/m0/s1. The lowest BCUT2D eigenvalue weighted by atomic mass is 10.1. The molecule has 5 heteroatoms. The number of benzene rings is 1. The van der Waals surface area contributed by atoms with Crippen molar-refractivity contribution >= 4 is 16.8 Å². The van der Waals surface area contributed by atoms with Crippen molar-refractivity contribution < 1.29 is 9.90 Å². The van der Waals surface area contributed by atoms with E-state index >= 15 is 0 Å². The molecule has 1 amide bonds. The van der Waals surface area contributed by atoms with Gasteiger partial charge in [0.15, 0.2) is 0 Å². The van der Waals surface area contributed by atoms with Gasteiger partial charge in [-0.3, -0.25) is 9.89 Å². The third kappa shape index (κ3) is 2.04. The van der Waals surface area contributed by atoms with Crippen LogP contribution < -0.4 is 5.32 Å². The highest BCUT2D eigenvalue weighted by Gasteiger charge is 2.09. The molecule has 5 nitrogen and oxygen atoms in total. The van der Waals surface area contributed by atoms with Gasteiger partial charge in [-0.1, -0.05) is 0 Å². The number of hydrogen-bond donors (Lipinski definition) is 3. The van der Waals surface area contributed by atoms with E-state index < -0.39 is 0 Å². The second-order valence-corrected chi connectivity index (χ2v) is 3.73. The molecule has 1 heterocycles. The van der Waals surface area contributed by atoms with Gasteiger partial charge < -0.3 is 10.4 Å². The Hall–Kier alpha value is -1.88. The molecule has 0 spiro atoms. The quantitative estimate of drug-likeness (QED) is 0.710. The lowest BCUT2D eigenvalue weighted by Gasteiger charge is -2.10. The number of aliphatic hydroxyl groups excluding tert-OH is 1. The fourth-order valence-corrected chi connectivity index (χ4v) is 1.44. The molecule has 0 bridgehead atoms. The highest BCUT2D eigenvalue weighted by molar-refractivity contribution is 5.97. The summed E-state index contributed by atoms with van der Waals surface area (Å²) in [7, 11) is 0. The molecule has 16 heavy (non-hydrogen) atoms. The second-order valence-electron chi connectivity index (χ2n) is 3.73. The highest BCUT2D eigenvalue weighted by atomic mass is 16.3. The molecular weight excluding hydrogens is 206 g/mol. The number of H-pyrrole nitrogens is 1. The SMILES string of the molecule is C[C@@H](CO)NC(=O)c1ccc2[nH]ncc2c1. The molecule has 0 aliphatic heterocycles. The van der Waals surface area contributed by atoms with E-state index in [4.69, 9.17) is 5.11 Å². The first-order valence-corrected chi connectivity index (χ1v) is 5.05. The molecule has 2 rings (SSSR count). The van der Waals surface area contributed by atoms with Crippen molar-refractivity contribution in [2.75, 3.05) is 6.61 Å². The van der Waals surface area contributed by atoms with E-state index in [1.54, 1.807) is 31.3 Å². The summed E-state index contributed by atoms with van der Waals surface area (Å²) in [6.45, 7) is 1.67. The minimum atomic E-state index is -0.243. The Morgan fingerprint density at radius 3 is 3.19 bits per heavy atom. The first-order chi connectivity index (χ1) is 7.70. The van der Waals surface area contributed by atoms with Crippen LogP contribution in [0.3, 0.4) is 0 Å². The minimum absolute atomic E-state index is 0.0697. The van der Waals surface area contributed by atoms with Crippen LogP contribution in [0.2, 0.25) is 0 Å². The lowest BCUT2D eigenvalue weighted by molar-refractivity contribution is 0.0922. The van der Waals surface area contributed by atoms with Crippen molar-refractivity contribution in [1.82, 2.24) is 15.5 Å². The number of nitrogens with one attached hydrogen (secondary N) is 2. The molecule has 1 aromatic carbocycles. The molecule has 1 aromatic heterocycles. The van der Waals surface area contributed by atoms with Crippen molar-refractivity contribution in [2.24, 2.45) is 0 Å².